The van der Waals surface area contributed by atoms with Gasteiger partial charge in [0.25, 0.3) is 0 Å². The second-order valence-electron chi connectivity index (χ2n) is 5.13. The van der Waals surface area contributed by atoms with E-state index in [0.717, 1.165) is 4.88 Å². The lowest BCUT2D eigenvalue weighted by atomic mass is 10.1. The highest BCUT2D eigenvalue weighted by Crippen LogP contribution is 2.33. The Bertz CT molecular complexity index is 930. The van der Waals surface area contributed by atoms with Gasteiger partial charge in [-0.3, -0.25) is 9.78 Å². The number of anilines is 1. The van der Waals surface area contributed by atoms with Gasteiger partial charge in [-0.15, -0.1) is 11.3 Å². The van der Waals surface area contributed by atoms with Gasteiger partial charge in [0.2, 0.25) is 0 Å². The maximum atomic E-state index is 12.4. The van der Waals surface area contributed by atoms with Crippen LogP contribution >= 0.6 is 11.3 Å². The molecule has 0 bridgehead atoms. The number of alkyl halides is 3. The van der Waals surface area contributed by atoms with Gasteiger partial charge in [-0.05, 0) is 18.2 Å². The van der Waals surface area contributed by atoms with Crippen LogP contribution in [0.4, 0.5) is 18.9 Å². The van der Waals surface area contributed by atoms with Gasteiger partial charge in [0.15, 0.2) is 0 Å². The second kappa shape index (κ2) is 7.26. The molecule has 26 heavy (non-hydrogen) atoms. The summed E-state index contributed by atoms with van der Waals surface area (Å²) in [6, 6.07) is 5.76. The van der Waals surface area contributed by atoms with Crippen LogP contribution in [-0.2, 0) is 4.79 Å². The summed E-state index contributed by atoms with van der Waals surface area (Å²) in [6.07, 6.45) is -3.36. The van der Waals surface area contributed by atoms with Crippen molar-refractivity contribution in [3.05, 3.63) is 36.0 Å². The number of hydrogen-bond acceptors (Lipinski definition) is 6. The van der Waals surface area contributed by atoms with Gasteiger partial charge in [0.05, 0.1) is 28.2 Å². The van der Waals surface area contributed by atoms with Gasteiger partial charge in [-0.25, -0.2) is 4.98 Å². The first-order valence-electron chi connectivity index (χ1n) is 7.34. The monoisotopic (exact) mass is 383 g/mol. The molecular weight excluding hydrogens is 371 g/mol. The Morgan fingerprint density at radius 1 is 1.31 bits per heavy atom. The van der Waals surface area contributed by atoms with Crippen molar-refractivity contribution in [2.45, 2.75) is 6.18 Å². The van der Waals surface area contributed by atoms with E-state index < -0.39 is 12.1 Å². The van der Waals surface area contributed by atoms with Crippen LogP contribution in [0.15, 0.2) is 36.0 Å². The molecule has 1 aromatic carbocycles. The number of benzene rings is 1. The number of fused-ring (bicyclic) bond motifs is 1. The van der Waals surface area contributed by atoms with Crippen molar-refractivity contribution in [3.63, 3.8) is 0 Å². The Balaban J connectivity index is 2.04. The van der Waals surface area contributed by atoms with E-state index in [1.165, 1.54) is 29.5 Å². The van der Waals surface area contributed by atoms with Crippen molar-refractivity contribution in [3.8, 4) is 16.3 Å². The highest BCUT2D eigenvalue weighted by atomic mass is 32.1. The molecule has 0 unspecified atom stereocenters. The molecule has 0 saturated carbocycles. The van der Waals surface area contributed by atoms with Crippen LogP contribution in [0, 0.1) is 0 Å². The second-order valence-corrected chi connectivity index (χ2v) is 6.01. The number of thiazole rings is 1. The maximum absolute atomic E-state index is 12.4. The topological polar surface area (TPSA) is 84.3 Å². The van der Waals surface area contributed by atoms with Crippen LogP contribution in [-0.4, -0.2) is 40.4 Å². The van der Waals surface area contributed by atoms with E-state index in [0.29, 0.717) is 22.3 Å². The summed E-state index contributed by atoms with van der Waals surface area (Å²) in [5.74, 6) is -1.74. The maximum Gasteiger partial charge on any atom is 0.471 e. The first kappa shape index (κ1) is 18.1. The van der Waals surface area contributed by atoms with Gasteiger partial charge in [0.1, 0.15) is 12.4 Å². The summed E-state index contributed by atoms with van der Waals surface area (Å²) in [7, 11) is 0. The number of halogens is 3. The highest BCUT2D eigenvalue weighted by molar-refractivity contribution is 7.13. The number of aliphatic hydroxyl groups is 1. The molecule has 2 heterocycles. The SMILES string of the molecule is O=C(Nc1ccc2nc(-c3cncs3)cc(OCCO)c2c1)C(F)(F)F. The predicted octanol–water partition coefficient (Wildman–Crippen LogP) is 3.23. The molecule has 1 amide bonds. The molecule has 0 aliphatic carbocycles. The van der Waals surface area contributed by atoms with Crippen LogP contribution in [0.3, 0.4) is 0 Å². The zero-order chi connectivity index (χ0) is 18.7. The molecule has 2 N–H and O–H groups in total. The highest BCUT2D eigenvalue weighted by Gasteiger charge is 2.38. The predicted molar refractivity (Wildman–Crippen MR) is 90.1 cm³/mol. The summed E-state index contributed by atoms with van der Waals surface area (Å²) in [4.78, 5) is 20.3. The number of aliphatic hydroxyl groups excluding tert-OH is 1. The molecule has 0 radical (unpaired) electrons. The number of carbonyl (C=O) groups excluding carboxylic acids is 1. The summed E-state index contributed by atoms with van der Waals surface area (Å²) < 4.78 is 42.8. The van der Waals surface area contributed by atoms with Crippen molar-refractivity contribution in [2.24, 2.45) is 0 Å². The fraction of sp³-hybridized carbons (Fsp3) is 0.188. The van der Waals surface area contributed by atoms with Crippen molar-refractivity contribution in [1.82, 2.24) is 9.97 Å². The average molecular weight is 383 g/mol. The van der Waals surface area contributed by atoms with E-state index in [2.05, 4.69) is 9.97 Å². The van der Waals surface area contributed by atoms with Crippen LogP contribution in [0.5, 0.6) is 5.75 Å². The number of aromatic nitrogens is 2. The quantitative estimate of drug-likeness (QED) is 0.707. The molecule has 0 saturated heterocycles. The molecule has 10 heteroatoms. The minimum absolute atomic E-state index is 0.000379. The Labute approximate surface area is 149 Å². The fourth-order valence-corrected chi connectivity index (χ4v) is 2.80. The zero-order valence-corrected chi connectivity index (χ0v) is 13.9. The number of hydrogen-bond donors (Lipinski definition) is 2. The van der Waals surface area contributed by atoms with Crippen molar-refractivity contribution in [2.75, 3.05) is 18.5 Å². The van der Waals surface area contributed by atoms with Crippen molar-refractivity contribution >= 4 is 33.8 Å². The summed E-state index contributed by atoms with van der Waals surface area (Å²) in [6.45, 7) is -0.232. The smallest absolute Gasteiger partial charge is 0.471 e. The van der Waals surface area contributed by atoms with E-state index in [1.54, 1.807) is 23.1 Å². The lowest BCUT2D eigenvalue weighted by Crippen LogP contribution is -2.29. The number of nitrogens with one attached hydrogen (secondary N) is 1. The standard InChI is InChI=1S/C16H12F3N3O3S/c17-16(18,19)15(24)21-9-1-2-11-10(5-9)13(25-4-3-23)6-12(22-11)14-7-20-8-26-14/h1-2,5-8,23H,3-4H2,(H,21,24). The molecule has 0 aliphatic rings. The van der Waals surface area contributed by atoms with Crippen LogP contribution < -0.4 is 10.1 Å². The summed E-state index contributed by atoms with van der Waals surface area (Å²) in [5.41, 5.74) is 2.65. The average Bonchev–Trinajstić information content (AvgIpc) is 3.13. The van der Waals surface area contributed by atoms with E-state index in [1.807, 2.05) is 0 Å². The lowest BCUT2D eigenvalue weighted by molar-refractivity contribution is -0.167. The third-order valence-electron chi connectivity index (χ3n) is 3.32. The largest absolute Gasteiger partial charge is 0.490 e. The van der Waals surface area contributed by atoms with Crippen molar-refractivity contribution in [1.29, 1.82) is 0 Å². The number of nitrogens with zero attached hydrogens (tertiary/aromatic N) is 2. The van der Waals surface area contributed by atoms with Gasteiger partial charge in [-0.2, -0.15) is 13.2 Å². The molecule has 0 atom stereocenters. The number of pyridine rings is 1. The molecular formula is C16H12F3N3O3S. The molecule has 6 nitrogen and oxygen atoms in total. The van der Waals surface area contributed by atoms with Gasteiger partial charge >= 0.3 is 12.1 Å². The number of amides is 1. The number of ether oxygens (including phenoxy) is 1. The fourth-order valence-electron chi connectivity index (χ4n) is 2.22. The number of rotatable bonds is 5. The molecule has 0 fully saturated rings. The summed E-state index contributed by atoms with van der Waals surface area (Å²) >= 11 is 1.37. The van der Waals surface area contributed by atoms with Crippen LogP contribution in [0.25, 0.3) is 21.5 Å². The third kappa shape index (κ3) is 3.92. The minimum Gasteiger partial charge on any atom is -0.490 e. The number of carbonyl (C=O) groups is 1. The first-order valence-corrected chi connectivity index (χ1v) is 8.22. The van der Waals surface area contributed by atoms with Crippen molar-refractivity contribution < 1.29 is 27.8 Å². The Morgan fingerprint density at radius 3 is 2.77 bits per heavy atom. The summed E-state index contributed by atoms with van der Waals surface area (Å²) in [5, 5.41) is 11.2. The van der Waals surface area contributed by atoms with Crippen LogP contribution in [0.2, 0.25) is 0 Å². The zero-order valence-electron chi connectivity index (χ0n) is 13.1. The van der Waals surface area contributed by atoms with E-state index in [4.69, 9.17) is 9.84 Å². The molecule has 2 aromatic heterocycles. The van der Waals surface area contributed by atoms with Gasteiger partial charge in [-0.1, -0.05) is 0 Å². The van der Waals surface area contributed by atoms with Crippen LogP contribution in [0.1, 0.15) is 0 Å². The van der Waals surface area contributed by atoms with Gasteiger partial charge < -0.3 is 15.2 Å². The minimum atomic E-state index is -4.99. The van der Waals surface area contributed by atoms with E-state index in [9.17, 15) is 18.0 Å². The van der Waals surface area contributed by atoms with E-state index >= 15 is 0 Å². The molecule has 3 rings (SSSR count). The normalized spacial score (nSPS) is 11.5. The first-order chi connectivity index (χ1) is 12.4. The molecule has 136 valence electrons. The Hall–Kier alpha value is -2.72. The van der Waals surface area contributed by atoms with Gasteiger partial charge in [0, 0.05) is 23.3 Å². The Morgan fingerprint density at radius 2 is 2.12 bits per heavy atom. The lowest BCUT2D eigenvalue weighted by Gasteiger charge is -2.12. The molecule has 3 aromatic rings. The van der Waals surface area contributed by atoms with E-state index in [-0.39, 0.29) is 18.9 Å². The molecule has 0 spiro atoms. The molecule has 0 aliphatic heterocycles. The Kier molecular flexibility index (Phi) is 5.05. The third-order valence-corrected chi connectivity index (χ3v) is 4.12.